The molecule has 212 valence electrons. The van der Waals surface area contributed by atoms with Crippen LogP contribution in [0.5, 0.6) is 0 Å². The maximum absolute atomic E-state index is 15.2. The average Bonchev–Trinajstić information content (AvgIpc) is 3.64. The van der Waals surface area contributed by atoms with E-state index in [1.807, 2.05) is 6.92 Å². The van der Waals surface area contributed by atoms with E-state index in [4.69, 9.17) is 0 Å². The van der Waals surface area contributed by atoms with Crippen molar-refractivity contribution in [1.29, 1.82) is 0 Å². The van der Waals surface area contributed by atoms with Gasteiger partial charge in [-0.25, -0.2) is 17.8 Å². The molecule has 0 unspecified atom stereocenters. The van der Waals surface area contributed by atoms with Gasteiger partial charge < -0.3 is 10.4 Å². The number of piperidine rings is 1. The van der Waals surface area contributed by atoms with E-state index in [9.17, 15) is 18.3 Å². The van der Waals surface area contributed by atoms with Gasteiger partial charge in [-0.3, -0.25) is 9.36 Å². The Labute approximate surface area is 230 Å². The van der Waals surface area contributed by atoms with Crippen molar-refractivity contribution in [3.05, 3.63) is 27.7 Å². The molecular weight excluding hydrogens is 537 g/mol. The maximum atomic E-state index is 15.2. The van der Waals surface area contributed by atoms with Crippen LogP contribution in [0.3, 0.4) is 0 Å². The number of aliphatic hydroxyl groups is 1. The minimum Gasteiger partial charge on any atom is -0.388 e. The standard InChI is InChI=1S/C27H38FN5O4SSi/c1-17-19(11-14-39(3,4)5)25(34)33(23-7-6-12-27(23,2)35)24-20(17)15-29-26(31-24)30-22-10-13-32(16-21(22)28)38(36,37)18-8-9-18/h15,18,21-23,35H,6-10,12-13,16H2,1-5H3,(H,29,30,31)/t21-,22-,23-,27-/m1/s1. The van der Waals surface area contributed by atoms with Crippen LogP contribution in [-0.4, -0.2) is 76.6 Å². The molecule has 1 saturated heterocycles. The highest BCUT2D eigenvalue weighted by molar-refractivity contribution is 7.90. The molecule has 2 saturated carbocycles. The molecule has 3 heterocycles. The number of pyridine rings is 1. The van der Waals surface area contributed by atoms with Gasteiger partial charge in [-0.1, -0.05) is 25.6 Å². The number of hydrogen-bond donors (Lipinski definition) is 2. The second kappa shape index (κ2) is 9.94. The van der Waals surface area contributed by atoms with Gasteiger partial charge in [0.25, 0.3) is 5.56 Å². The zero-order chi connectivity index (χ0) is 28.3. The van der Waals surface area contributed by atoms with Crippen molar-refractivity contribution in [2.45, 2.75) is 101 Å². The van der Waals surface area contributed by atoms with E-state index in [0.717, 1.165) is 6.42 Å². The molecule has 9 nitrogen and oxygen atoms in total. The summed E-state index contributed by atoms with van der Waals surface area (Å²) in [6.45, 7) is 9.95. The monoisotopic (exact) mass is 575 g/mol. The van der Waals surface area contributed by atoms with Gasteiger partial charge >= 0.3 is 0 Å². The van der Waals surface area contributed by atoms with Crippen LogP contribution < -0.4 is 10.9 Å². The van der Waals surface area contributed by atoms with Crippen LogP contribution >= 0.6 is 0 Å². The molecule has 0 aromatic carbocycles. The lowest BCUT2D eigenvalue weighted by Gasteiger charge is -2.34. The molecule has 4 atom stereocenters. The number of fused-ring (bicyclic) bond motifs is 1. The number of alkyl halides is 1. The van der Waals surface area contributed by atoms with Crippen LogP contribution in [0.1, 0.15) is 62.6 Å². The van der Waals surface area contributed by atoms with E-state index < -0.39 is 42.0 Å². The Bertz CT molecular complexity index is 1520. The quantitative estimate of drug-likeness (QED) is 0.416. The van der Waals surface area contributed by atoms with Crippen molar-refractivity contribution in [3.63, 3.8) is 0 Å². The van der Waals surface area contributed by atoms with E-state index >= 15 is 4.39 Å². The average molecular weight is 576 g/mol. The Morgan fingerprint density at radius 1 is 1.23 bits per heavy atom. The van der Waals surface area contributed by atoms with Crippen LogP contribution in [-0.2, 0) is 10.0 Å². The van der Waals surface area contributed by atoms with Crippen LogP contribution in [0.15, 0.2) is 11.0 Å². The molecule has 12 heteroatoms. The van der Waals surface area contributed by atoms with Crippen molar-refractivity contribution in [3.8, 4) is 11.5 Å². The topological polar surface area (TPSA) is 117 Å². The number of anilines is 1. The number of halogens is 1. The fraction of sp³-hybridized carbons (Fsp3) is 0.667. The zero-order valence-electron chi connectivity index (χ0n) is 23.3. The lowest BCUT2D eigenvalue weighted by molar-refractivity contribution is 0.0266. The van der Waals surface area contributed by atoms with E-state index in [0.29, 0.717) is 47.8 Å². The Hall–Kier alpha value is -2.33. The second-order valence-electron chi connectivity index (χ2n) is 12.5. The van der Waals surface area contributed by atoms with E-state index in [1.165, 1.54) is 4.31 Å². The van der Waals surface area contributed by atoms with Gasteiger partial charge in [-0.2, -0.15) is 9.29 Å². The molecule has 0 amide bonds. The van der Waals surface area contributed by atoms with Gasteiger partial charge in [0, 0.05) is 24.7 Å². The van der Waals surface area contributed by atoms with E-state index in [1.54, 1.807) is 17.7 Å². The zero-order valence-corrected chi connectivity index (χ0v) is 25.1. The molecule has 39 heavy (non-hydrogen) atoms. The Balaban J connectivity index is 1.52. The first-order valence-corrected chi connectivity index (χ1v) is 18.8. The number of aromatic nitrogens is 3. The van der Waals surface area contributed by atoms with Crippen molar-refractivity contribution >= 4 is 35.1 Å². The summed E-state index contributed by atoms with van der Waals surface area (Å²) in [6.07, 6.45) is 3.73. The summed E-state index contributed by atoms with van der Waals surface area (Å²) in [7, 11) is -5.20. The molecule has 2 aromatic rings. The first-order valence-electron chi connectivity index (χ1n) is 13.8. The number of sulfonamides is 1. The van der Waals surface area contributed by atoms with Gasteiger partial charge in [-0.15, -0.1) is 5.54 Å². The lowest BCUT2D eigenvalue weighted by Crippen LogP contribution is -2.50. The smallest absolute Gasteiger partial charge is 0.268 e. The number of rotatable bonds is 5. The highest BCUT2D eigenvalue weighted by Gasteiger charge is 2.44. The molecule has 2 N–H and O–H groups in total. The molecule has 0 radical (unpaired) electrons. The van der Waals surface area contributed by atoms with E-state index in [2.05, 4.69) is 46.4 Å². The highest BCUT2D eigenvalue weighted by atomic mass is 32.2. The van der Waals surface area contributed by atoms with Crippen molar-refractivity contribution in [1.82, 2.24) is 18.8 Å². The minimum absolute atomic E-state index is 0.166. The van der Waals surface area contributed by atoms with Crippen molar-refractivity contribution in [2.24, 2.45) is 0 Å². The van der Waals surface area contributed by atoms with Gasteiger partial charge in [-0.05, 0) is 57.9 Å². The summed E-state index contributed by atoms with van der Waals surface area (Å²) in [5.41, 5.74) is 3.37. The Kier molecular flexibility index (Phi) is 7.19. The predicted molar refractivity (Wildman–Crippen MR) is 153 cm³/mol. The van der Waals surface area contributed by atoms with Crippen LogP contribution in [0, 0.1) is 18.4 Å². The van der Waals surface area contributed by atoms with Gasteiger partial charge in [0.05, 0.1) is 28.5 Å². The fourth-order valence-electron chi connectivity index (χ4n) is 5.64. The molecule has 2 aliphatic carbocycles. The number of nitrogens with one attached hydrogen (secondary N) is 1. The normalized spacial score (nSPS) is 28.3. The van der Waals surface area contributed by atoms with Crippen LogP contribution in [0.25, 0.3) is 11.0 Å². The van der Waals surface area contributed by atoms with Crippen LogP contribution in [0.2, 0.25) is 19.6 Å². The van der Waals surface area contributed by atoms with Gasteiger partial charge in [0.15, 0.2) is 0 Å². The molecule has 3 aliphatic rings. The molecule has 1 aliphatic heterocycles. The summed E-state index contributed by atoms with van der Waals surface area (Å²) in [5, 5.41) is 14.5. The van der Waals surface area contributed by atoms with Crippen molar-refractivity contribution in [2.75, 3.05) is 18.4 Å². The Morgan fingerprint density at radius 2 is 1.95 bits per heavy atom. The number of nitrogens with zero attached hydrogens (tertiary/aromatic N) is 4. The first-order chi connectivity index (χ1) is 18.2. The largest absolute Gasteiger partial charge is 0.388 e. The second-order valence-corrected chi connectivity index (χ2v) is 19.5. The summed E-state index contributed by atoms with van der Waals surface area (Å²) < 4.78 is 43.1. The third-order valence-corrected chi connectivity index (χ3v) is 11.3. The molecule has 0 bridgehead atoms. The van der Waals surface area contributed by atoms with Crippen molar-refractivity contribution < 1.29 is 17.9 Å². The lowest BCUT2D eigenvalue weighted by atomic mass is 9.98. The highest BCUT2D eigenvalue weighted by Crippen LogP contribution is 2.40. The number of hydrogen-bond acceptors (Lipinski definition) is 7. The SMILES string of the molecule is Cc1c(C#C[Si](C)(C)C)c(=O)n([C@@H]2CCC[C@@]2(C)O)c2nc(N[C@@H]3CCN(S(=O)(=O)C4CC4)C[C@H]3F)ncc12. The van der Waals surface area contributed by atoms with Gasteiger partial charge in [0.1, 0.15) is 19.9 Å². The minimum atomic E-state index is -3.44. The van der Waals surface area contributed by atoms with Gasteiger partial charge in [0.2, 0.25) is 16.0 Å². The molecule has 5 rings (SSSR count). The fourth-order valence-corrected chi connectivity index (χ4v) is 8.00. The summed E-state index contributed by atoms with van der Waals surface area (Å²) >= 11 is 0. The molecule has 2 aromatic heterocycles. The first kappa shape index (κ1) is 28.2. The summed E-state index contributed by atoms with van der Waals surface area (Å²) in [4.78, 5) is 23.0. The summed E-state index contributed by atoms with van der Waals surface area (Å²) in [5.74, 6) is 3.31. The predicted octanol–water partition coefficient (Wildman–Crippen LogP) is 3.12. The molecule has 0 spiro atoms. The molecule has 3 fully saturated rings. The third kappa shape index (κ3) is 5.51. The van der Waals surface area contributed by atoms with E-state index in [-0.39, 0.29) is 36.3 Å². The number of aryl methyl sites for hydroxylation is 1. The summed E-state index contributed by atoms with van der Waals surface area (Å²) in [6, 6.07) is -1.14. The maximum Gasteiger partial charge on any atom is 0.268 e. The third-order valence-electron chi connectivity index (χ3n) is 8.09. The Morgan fingerprint density at radius 3 is 2.54 bits per heavy atom. The van der Waals surface area contributed by atoms with Crippen LogP contribution in [0.4, 0.5) is 10.3 Å². The molecular formula is C27H38FN5O4SSi.